The number of thiophene rings is 1. The van der Waals surface area contributed by atoms with E-state index in [0.29, 0.717) is 0 Å². The second kappa shape index (κ2) is 8.61. The zero-order chi connectivity index (χ0) is 16.7. The zero-order valence-corrected chi connectivity index (χ0v) is 13.4. The van der Waals surface area contributed by atoms with E-state index >= 15 is 0 Å². The molecule has 0 saturated heterocycles. The first-order chi connectivity index (χ1) is 11.2. The van der Waals surface area contributed by atoms with Crippen molar-refractivity contribution in [2.75, 3.05) is 26.9 Å². The zero-order valence-electron chi connectivity index (χ0n) is 12.6. The van der Waals surface area contributed by atoms with Gasteiger partial charge in [0, 0.05) is 12.1 Å². The van der Waals surface area contributed by atoms with E-state index in [9.17, 15) is 9.18 Å². The Bertz CT molecular complexity index is 633. The normalized spacial score (nSPS) is 12.0. The molecule has 1 aromatic heterocycles. The number of amides is 1. The number of carbonyl (C=O) groups is 1. The van der Waals surface area contributed by atoms with E-state index < -0.39 is 11.7 Å². The predicted molar refractivity (Wildman–Crippen MR) is 85.4 cm³/mol. The molecule has 0 radical (unpaired) electrons. The van der Waals surface area contributed by atoms with E-state index in [1.807, 2.05) is 16.8 Å². The van der Waals surface area contributed by atoms with Crippen LogP contribution in [0, 0.1) is 5.82 Å². The number of benzene rings is 1. The molecule has 0 bridgehead atoms. The highest BCUT2D eigenvalue weighted by Gasteiger charge is 2.16. The maximum atomic E-state index is 13.6. The molecule has 0 spiro atoms. The van der Waals surface area contributed by atoms with E-state index in [4.69, 9.17) is 14.6 Å². The molecule has 1 unspecified atom stereocenters. The Hall–Kier alpha value is -1.96. The van der Waals surface area contributed by atoms with Crippen LogP contribution in [-0.2, 0) is 4.74 Å². The van der Waals surface area contributed by atoms with Crippen LogP contribution in [0.15, 0.2) is 35.0 Å². The van der Waals surface area contributed by atoms with Crippen molar-refractivity contribution in [3.63, 3.8) is 0 Å². The maximum absolute atomic E-state index is 13.6. The molecule has 124 valence electrons. The predicted octanol–water partition coefficient (Wildman–Crippen LogP) is 2.38. The van der Waals surface area contributed by atoms with Gasteiger partial charge in [0.1, 0.15) is 6.10 Å². The second-order valence-electron chi connectivity index (χ2n) is 4.70. The lowest BCUT2D eigenvalue weighted by Gasteiger charge is -2.17. The topological polar surface area (TPSA) is 67.8 Å². The lowest BCUT2D eigenvalue weighted by Crippen LogP contribution is -2.29. The molecular weight excluding hydrogens is 321 g/mol. The summed E-state index contributed by atoms with van der Waals surface area (Å²) in [7, 11) is 1.36. The number of halogens is 1. The minimum Gasteiger partial charge on any atom is -0.494 e. The van der Waals surface area contributed by atoms with Crippen LogP contribution < -0.4 is 10.1 Å². The number of carbonyl (C=O) groups excluding carboxylic acids is 1. The van der Waals surface area contributed by atoms with Crippen LogP contribution >= 0.6 is 11.3 Å². The Balaban J connectivity index is 1.99. The minimum absolute atomic E-state index is 0.0870. The first kappa shape index (κ1) is 17.4. The van der Waals surface area contributed by atoms with Gasteiger partial charge in [-0.15, -0.1) is 0 Å². The van der Waals surface area contributed by atoms with Gasteiger partial charge in [0.05, 0.1) is 20.3 Å². The van der Waals surface area contributed by atoms with Crippen LogP contribution in [0.1, 0.15) is 22.0 Å². The van der Waals surface area contributed by atoms with Gasteiger partial charge >= 0.3 is 0 Å². The van der Waals surface area contributed by atoms with Gasteiger partial charge in [0.15, 0.2) is 11.6 Å². The molecule has 7 heteroatoms. The van der Waals surface area contributed by atoms with E-state index in [0.717, 1.165) is 11.6 Å². The van der Waals surface area contributed by atoms with Gasteiger partial charge < -0.3 is 19.9 Å². The number of hydrogen-bond donors (Lipinski definition) is 2. The Labute approximate surface area is 137 Å². The van der Waals surface area contributed by atoms with Crippen LogP contribution in [-0.4, -0.2) is 37.9 Å². The van der Waals surface area contributed by atoms with E-state index in [2.05, 4.69) is 5.32 Å². The van der Waals surface area contributed by atoms with E-state index in [1.165, 1.54) is 30.6 Å². The lowest BCUT2D eigenvalue weighted by molar-refractivity contribution is 0.0279. The third kappa shape index (κ3) is 4.75. The van der Waals surface area contributed by atoms with Gasteiger partial charge in [0.25, 0.3) is 5.91 Å². The number of rotatable bonds is 8. The smallest absolute Gasteiger partial charge is 0.251 e. The average Bonchev–Trinajstić information content (AvgIpc) is 3.09. The molecule has 23 heavy (non-hydrogen) atoms. The SMILES string of the molecule is COc1ccc(C(=O)NCC(OCCO)c2ccsc2)cc1F. The Morgan fingerprint density at radius 2 is 2.26 bits per heavy atom. The first-order valence-electron chi connectivity index (χ1n) is 7.02. The molecule has 5 nitrogen and oxygen atoms in total. The summed E-state index contributed by atoms with van der Waals surface area (Å²) >= 11 is 1.52. The Morgan fingerprint density at radius 1 is 1.43 bits per heavy atom. The van der Waals surface area contributed by atoms with Crippen molar-refractivity contribution in [1.29, 1.82) is 0 Å². The first-order valence-corrected chi connectivity index (χ1v) is 7.96. The molecule has 0 saturated carbocycles. The van der Waals surface area contributed by atoms with Crippen LogP contribution in [0.3, 0.4) is 0 Å². The fourth-order valence-electron chi connectivity index (χ4n) is 2.02. The van der Waals surface area contributed by atoms with Gasteiger partial charge in [0.2, 0.25) is 0 Å². The van der Waals surface area contributed by atoms with Gasteiger partial charge in [-0.3, -0.25) is 4.79 Å². The molecule has 2 rings (SSSR count). The average molecular weight is 339 g/mol. The Morgan fingerprint density at radius 3 is 2.87 bits per heavy atom. The van der Waals surface area contributed by atoms with E-state index in [-0.39, 0.29) is 37.2 Å². The molecule has 1 atom stereocenters. The molecule has 1 heterocycles. The van der Waals surface area contributed by atoms with Crippen molar-refractivity contribution in [2.24, 2.45) is 0 Å². The van der Waals surface area contributed by atoms with Crippen molar-refractivity contribution in [1.82, 2.24) is 5.32 Å². The third-order valence-electron chi connectivity index (χ3n) is 3.19. The number of nitrogens with one attached hydrogen (secondary N) is 1. The molecule has 2 N–H and O–H groups in total. The van der Waals surface area contributed by atoms with Crippen LogP contribution in [0.2, 0.25) is 0 Å². The monoisotopic (exact) mass is 339 g/mol. The highest BCUT2D eigenvalue weighted by molar-refractivity contribution is 7.07. The van der Waals surface area contributed by atoms with Crippen LogP contribution in [0.25, 0.3) is 0 Å². The summed E-state index contributed by atoms with van der Waals surface area (Å²) in [6, 6.07) is 5.92. The van der Waals surface area contributed by atoms with Crippen molar-refractivity contribution >= 4 is 17.2 Å². The standard InChI is InChI=1S/C16H18FNO4S/c1-21-14-3-2-11(8-13(14)17)16(20)18-9-15(22-6-5-19)12-4-7-23-10-12/h2-4,7-8,10,15,19H,5-6,9H2,1H3,(H,18,20). The second-order valence-corrected chi connectivity index (χ2v) is 5.48. The minimum atomic E-state index is -0.592. The fraction of sp³-hybridized carbons (Fsp3) is 0.312. The quantitative estimate of drug-likeness (QED) is 0.775. The molecular formula is C16H18FNO4S. The van der Waals surface area contributed by atoms with Crippen molar-refractivity contribution in [3.05, 3.63) is 52.0 Å². The summed E-state index contributed by atoms with van der Waals surface area (Å²) in [6.45, 7) is 0.301. The third-order valence-corrected chi connectivity index (χ3v) is 3.89. The summed E-state index contributed by atoms with van der Waals surface area (Å²) in [4.78, 5) is 12.1. The number of hydrogen-bond acceptors (Lipinski definition) is 5. The highest BCUT2D eigenvalue weighted by atomic mass is 32.1. The summed E-state index contributed by atoms with van der Waals surface area (Å²) in [5, 5.41) is 15.4. The van der Waals surface area contributed by atoms with E-state index in [1.54, 1.807) is 0 Å². The highest BCUT2D eigenvalue weighted by Crippen LogP contribution is 2.20. The summed E-state index contributed by atoms with van der Waals surface area (Å²) in [5.41, 5.74) is 1.12. The van der Waals surface area contributed by atoms with Gasteiger partial charge in [-0.2, -0.15) is 11.3 Å². The maximum Gasteiger partial charge on any atom is 0.251 e. The molecule has 1 aromatic carbocycles. The van der Waals surface area contributed by atoms with Gasteiger partial charge in [-0.1, -0.05) is 0 Å². The number of methoxy groups -OCH3 is 1. The number of aliphatic hydroxyl groups is 1. The Kier molecular flexibility index (Phi) is 6.52. The summed E-state index contributed by atoms with van der Waals surface area (Å²) in [6.07, 6.45) is -0.361. The number of ether oxygens (including phenoxy) is 2. The summed E-state index contributed by atoms with van der Waals surface area (Å²) in [5.74, 6) is -0.908. The molecule has 0 aliphatic heterocycles. The number of aliphatic hydroxyl groups excluding tert-OH is 1. The van der Waals surface area contributed by atoms with Crippen LogP contribution in [0.4, 0.5) is 4.39 Å². The van der Waals surface area contributed by atoms with Gasteiger partial charge in [-0.05, 0) is 40.6 Å². The molecule has 0 aliphatic carbocycles. The fourth-order valence-corrected chi connectivity index (χ4v) is 2.72. The molecule has 0 fully saturated rings. The van der Waals surface area contributed by atoms with Gasteiger partial charge in [-0.25, -0.2) is 4.39 Å². The molecule has 1 amide bonds. The molecule has 0 aliphatic rings. The van der Waals surface area contributed by atoms with Crippen molar-refractivity contribution in [2.45, 2.75) is 6.10 Å². The van der Waals surface area contributed by atoms with Crippen molar-refractivity contribution in [3.8, 4) is 5.75 Å². The lowest BCUT2D eigenvalue weighted by atomic mass is 10.1. The summed E-state index contributed by atoms with van der Waals surface area (Å²) < 4.78 is 24.0. The molecule has 2 aromatic rings. The van der Waals surface area contributed by atoms with Crippen molar-refractivity contribution < 1.29 is 23.8 Å². The largest absolute Gasteiger partial charge is 0.494 e. The van der Waals surface area contributed by atoms with Crippen LogP contribution in [0.5, 0.6) is 5.75 Å².